The van der Waals surface area contributed by atoms with Crippen molar-refractivity contribution < 1.29 is 0 Å². The van der Waals surface area contributed by atoms with E-state index in [2.05, 4.69) is 23.8 Å². The predicted molar refractivity (Wildman–Crippen MR) is 51.3 cm³/mol. The monoisotopic (exact) mass is 168 g/mol. The summed E-state index contributed by atoms with van der Waals surface area (Å²) in [5.74, 6) is 0. The van der Waals surface area contributed by atoms with Gasteiger partial charge in [0.1, 0.15) is 0 Å². The minimum Gasteiger partial charge on any atom is -0.301 e. The Bertz CT molecular complexity index is 156. The number of unbranched alkanes of at least 4 members (excludes halogenated alkanes) is 1. The Morgan fingerprint density at radius 2 is 2.08 bits per heavy atom. The molecule has 2 heterocycles. The van der Waals surface area contributed by atoms with Crippen LogP contribution in [0.4, 0.5) is 0 Å². The van der Waals surface area contributed by atoms with Crippen LogP contribution < -0.4 is 0 Å². The second-order valence-electron chi connectivity index (χ2n) is 4.33. The number of hydrogen-bond donors (Lipinski definition) is 0. The van der Waals surface area contributed by atoms with Crippen molar-refractivity contribution in [2.24, 2.45) is 0 Å². The molecule has 2 fully saturated rings. The molecular weight excluding hydrogens is 148 g/mol. The Morgan fingerprint density at radius 1 is 1.25 bits per heavy atom. The van der Waals surface area contributed by atoms with Gasteiger partial charge >= 0.3 is 0 Å². The molecule has 70 valence electrons. The number of likely N-dealkylation sites (N-methyl/N-ethyl adjacent to an activating group) is 1. The molecule has 0 aromatic rings. The first-order valence-electron chi connectivity index (χ1n) is 5.25. The molecule has 0 spiro atoms. The molecule has 2 aliphatic heterocycles. The molecule has 0 amide bonds. The number of fused-ring (bicyclic) bond motifs is 2. The second-order valence-corrected chi connectivity index (χ2v) is 4.33. The number of rotatable bonds is 3. The molecular formula is C10H20N2. The van der Waals surface area contributed by atoms with Gasteiger partial charge in [-0.2, -0.15) is 0 Å². The summed E-state index contributed by atoms with van der Waals surface area (Å²) in [6, 6.07) is 1.78. The lowest BCUT2D eigenvalue weighted by Gasteiger charge is -2.31. The number of hydrogen-bond acceptors (Lipinski definition) is 2. The normalized spacial score (nSPS) is 36.5. The van der Waals surface area contributed by atoms with E-state index in [9.17, 15) is 0 Å². The van der Waals surface area contributed by atoms with Crippen molar-refractivity contribution in [3.63, 3.8) is 0 Å². The molecule has 0 aromatic heterocycles. The Kier molecular flexibility index (Phi) is 2.37. The molecule has 2 unspecified atom stereocenters. The van der Waals surface area contributed by atoms with Crippen LogP contribution in [0.2, 0.25) is 0 Å². The second kappa shape index (κ2) is 3.35. The molecule has 2 atom stereocenters. The lowest BCUT2D eigenvalue weighted by atomic mass is 10.2. The first kappa shape index (κ1) is 8.52. The zero-order valence-corrected chi connectivity index (χ0v) is 8.29. The highest BCUT2D eigenvalue weighted by molar-refractivity contribution is 4.97. The molecule has 2 bridgehead atoms. The number of likely N-dealkylation sites (tertiary alicyclic amines) is 2. The van der Waals surface area contributed by atoms with E-state index in [-0.39, 0.29) is 0 Å². The first-order chi connectivity index (χ1) is 5.81. The standard InChI is InChI=1S/C10H20N2/c1-3-4-5-12-8-9-6-10(12)7-11(9)2/h9-10H,3-8H2,1-2H3. The van der Waals surface area contributed by atoms with Crippen molar-refractivity contribution in [2.45, 2.75) is 38.3 Å². The summed E-state index contributed by atoms with van der Waals surface area (Å²) in [4.78, 5) is 5.21. The fraction of sp³-hybridized carbons (Fsp3) is 1.00. The lowest BCUT2D eigenvalue weighted by molar-refractivity contribution is 0.148. The van der Waals surface area contributed by atoms with E-state index in [4.69, 9.17) is 0 Å². The third kappa shape index (κ3) is 1.38. The zero-order valence-electron chi connectivity index (χ0n) is 8.29. The average Bonchev–Trinajstić information content (AvgIpc) is 2.58. The molecule has 12 heavy (non-hydrogen) atoms. The number of nitrogens with zero attached hydrogens (tertiary/aromatic N) is 2. The van der Waals surface area contributed by atoms with Crippen LogP contribution in [-0.4, -0.2) is 48.6 Å². The van der Waals surface area contributed by atoms with E-state index in [0.29, 0.717) is 0 Å². The van der Waals surface area contributed by atoms with Crippen molar-refractivity contribution in [3.05, 3.63) is 0 Å². The molecule has 2 saturated heterocycles. The van der Waals surface area contributed by atoms with Gasteiger partial charge in [-0.05, 0) is 26.4 Å². The van der Waals surface area contributed by atoms with Gasteiger partial charge in [0.25, 0.3) is 0 Å². The predicted octanol–water partition coefficient (Wildman–Crippen LogP) is 1.17. The molecule has 0 saturated carbocycles. The Balaban J connectivity index is 1.82. The van der Waals surface area contributed by atoms with Gasteiger partial charge in [-0.3, -0.25) is 4.90 Å². The van der Waals surface area contributed by atoms with Crippen LogP contribution in [0.5, 0.6) is 0 Å². The molecule has 2 aliphatic rings. The van der Waals surface area contributed by atoms with Crippen LogP contribution in [0.15, 0.2) is 0 Å². The van der Waals surface area contributed by atoms with Gasteiger partial charge in [0.2, 0.25) is 0 Å². The molecule has 2 rings (SSSR count). The summed E-state index contributed by atoms with van der Waals surface area (Å²) < 4.78 is 0. The summed E-state index contributed by atoms with van der Waals surface area (Å²) >= 11 is 0. The van der Waals surface area contributed by atoms with Gasteiger partial charge in [0, 0.05) is 25.2 Å². The summed E-state index contributed by atoms with van der Waals surface area (Å²) in [7, 11) is 2.27. The van der Waals surface area contributed by atoms with Crippen molar-refractivity contribution in [1.82, 2.24) is 9.80 Å². The van der Waals surface area contributed by atoms with Crippen molar-refractivity contribution >= 4 is 0 Å². The summed E-state index contributed by atoms with van der Waals surface area (Å²) in [5.41, 5.74) is 0. The van der Waals surface area contributed by atoms with E-state index in [0.717, 1.165) is 12.1 Å². The van der Waals surface area contributed by atoms with E-state index < -0.39 is 0 Å². The molecule has 2 heteroatoms. The highest BCUT2D eigenvalue weighted by Crippen LogP contribution is 2.29. The first-order valence-corrected chi connectivity index (χ1v) is 5.25. The molecule has 0 aliphatic carbocycles. The van der Waals surface area contributed by atoms with Gasteiger partial charge in [0.05, 0.1) is 0 Å². The molecule has 0 aromatic carbocycles. The summed E-state index contributed by atoms with van der Waals surface area (Å²) in [6.07, 6.45) is 4.15. The third-order valence-electron chi connectivity index (χ3n) is 3.43. The van der Waals surface area contributed by atoms with E-state index >= 15 is 0 Å². The fourth-order valence-electron chi connectivity index (χ4n) is 2.58. The van der Waals surface area contributed by atoms with E-state index in [1.54, 1.807) is 0 Å². The molecule has 0 radical (unpaired) electrons. The van der Waals surface area contributed by atoms with Gasteiger partial charge in [0.15, 0.2) is 0 Å². The van der Waals surface area contributed by atoms with Crippen LogP contribution in [0.3, 0.4) is 0 Å². The van der Waals surface area contributed by atoms with Crippen LogP contribution in [0, 0.1) is 0 Å². The SMILES string of the molecule is CCCCN1CC2CC1CN2C. The van der Waals surface area contributed by atoms with Gasteiger partial charge in [-0.15, -0.1) is 0 Å². The largest absolute Gasteiger partial charge is 0.301 e. The highest BCUT2D eigenvalue weighted by Gasteiger charge is 2.40. The Morgan fingerprint density at radius 3 is 2.58 bits per heavy atom. The minimum absolute atomic E-state index is 0.881. The Labute approximate surface area is 75.5 Å². The highest BCUT2D eigenvalue weighted by atomic mass is 15.3. The molecule has 2 nitrogen and oxygen atoms in total. The quantitative estimate of drug-likeness (QED) is 0.624. The lowest BCUT2D eigenvalue weighted by Crippen LogP contribution is -2.44. The number of piperazine rings is 1. The van der Waals surface area contributed by atoms with Crippen molar-refractivity contribution in [3.8, 4) is 0 Å². The van der Waals surface area contributed by atoms with Crippen LogP contribution >= 0.6 is 0 Å². The topological polar surface area (TPSA) is 6.48 Å². The van der Waals surface area contributed by atoms with Crippen LogP contribution in [0.1, 0.15) is 26.2 Å². The van der Waals surface area contributed by atoms with Gasteiger partial charge in [-0.1, -0.05) is 13.3 Å². The van der Waals surface area contributed by atoms with E-state index in [1.165, 1.54) is 38.9 Å². The minimum atomic E-state index is 0.881. The Hall–Kier alpha value is -0.0800. The maximum Gasteiger partial charge on any atom is 0.0239 e. The molecule has 0 N–H and O–H groups in total. The van der Waals surface area contributed by atoms with Crippen molar-refractivity contribution in [1.29, 1.82) is 0 Å². The maximum atomic E-state index is 2.69. The maximum absolute atomic E-state index is 2.69. The zero-order chi connectivity index (χ0) is 8.55. The fourth-order valence-corrected chi connectivity index (χ4v) is 2.58. The summed E-state index contributed by atoms with van der Waals surface area (Å²) in [6.45, 7) is 6.27. The smallest absolute Gasteiger partial charge is 0.0239 e. The van der Waals surface area contributed by atoms with Crippen LogP contribution in [0.25, 0.3) is 0 Å². The third-order valence-corrected chi connectivity index (χ3v) is 3.43. The van der Waals surface area contributed by atoms with Gasteiger partial charge in [-0.25, -0.2) is 0 Å². The average molecular weight is 168 g/mol. The van der Waals surface area contributed by atoms with E-state index in [1.807, 2.05) is 0 Å². The summed E-state index contributed by atoms with van der Waals surface area (Å²) in [5, 5.41) is 0. The van der Waals surface area contributed by atoms with Crippen molar-refractivity contribution in [2.75, 3.05) is 26.7 Å². The van der Waals surface area contributed by atoms with Crippen LogP contribution in [-0.2, 0) is 0 Å². The van der Waals surface area contributed by atoms with Gasteiger partial charge < -0.3 is 4.90 Å².